The number of furan rings is 1. The van der Waals surface area contributed by atoms with Gasteiger partial charge in [-0.25, -0.2) is 0 Å². The van der Waals surface area contributed by atoms with Gasteiger partial charge in [-0.15, -0.1) is 24.0 Å². The highest BCUT2D eigenvalue weighted by atomic mass is 127. The highest BCUT2D eigenvalue weighted by Gasteiger charge is 2.12. The molecule has 2 N–H and O–H groups in total. The minimum Gasteiger partial charge on any atom is -0.469 e. The molecule has 0 saturated carbocycles. The van der Waals surface area contributed by atoms with E-state index in [2.05, 4.69) is 56.7 Å². The van der Waals surface area contributed by atoms with Gasteiger partial charge in [-0.2, -0.15) is 0 Å². The molecule has 29 heavy (non-hydrogen) atoms. The van der Waals surface area contributed by atoms with Gasteiger partial charge in [0.2, 0.25) is 0 Å². The van der Waals surface area contributed by atoms with E-state index in [1.54, 1.807) is 13.3 Å². The molecule has 160 valence electrons. The van der Waals surface area contributed by atoms with Crippen LogP contribution >= 0.6 is 24.0 Å². The SMILES string of the molecule is CN=C(NCCc1ccco1)NCc1ccc(CN2CCCN(C)CC2)cc1.I. The first-order chi connectivity index (χ1) is 13.7. The molecule has 0 bridgehead atoms. The number of hydrogen-bond donors (Lipinski definition) is 2. The van der Waals surface area contributed by atoms with Crippen LogP contribution in [0.2, 0.25) is 0 Å². The molecule has 0 spiro atoms. The lowest BCUT2D eigenvalue weighted by Crippen LogP contribution is -2.37. The minimum absolute atomic E-state index is 0. The summed E-state index contributed by atoms with van der Waals surface area (Å²) < 4.78 is 5.35. The van der Waals surface area contributed by atoms with Crippen molar-refractivity contribution < 1.29 is 4.42 Å². The van der Waals surface area contributed by atoms with Gasteiger partial charge in [0, 0.05) is 46.2 Å². The number of guanidine groups is 1. The molecule has 0 aliphatic carbocycles. The summed E-state index contributed by atoms with van der Waals surface area (Å²) in [5, 5.41) is 6.69. The molecule has 2 heterocycles. The Kier molecular flexibility index (Phi) is 10.5. The maximum Gasteiger partial charge on any atom is 0.191 e. The molecule has 0 atom stereocenters. The van der Waals surface area contributed by atoms with Crippen molar-refractivity contribution in [2.24, 2.45) is 4.99 Å². The first-order valence-corrected chi connectivity index (χ1v) is 10.2. The van der Waals surface area contributed by atoms with Gasteiger partial charge in [-0.3, -0.25) is 9.89 Å². The van der Waals surface area contributed by atoms with E-state index in [0.29, 0.717) is 0 Å². The molecule has 7 heteroatoms. The highest BCUT2D eigenvalue weighted by molar-refractivity contribution is 14.0. The quantitative estimate of drug-likeness (QED) is 0.340. The predicted molar refractivity (Wildman–Crippen MR) is 130 cm³/mol. The number of nitrogens with zero attached hydrogens (tertiary/aromatic N) is 3. The van der Waals surface area contributed by atoms with Gasteiger partial charge in [-0.1, -0.05) is 24.3 Å². The molecule has 6 nitrogen and oxygen atoms in total. The van der Waals surface area contributed by atoms with E-state index in [9.17, 15) is 0 Å². The Morgan fingerprint density at radius 1 is 1.03 bits per heavy atom. The highest BCUT2D eigenvalue weighted by Crippen LogP contribution is 2.10. The van der Waals surface area contributed by atoms with Gasteiger partial charge in [0.25, 0.3) is 0 Å². The maximum absolute atomic E-state index is 5.35. The first kappa shape index (κ1) is 23.7. The standard InChI is InChI=1S/C22H33N5O.HI/c1-23-22(24-11-10-21-5-3-16-28-21)25-17-19-6-8-20(9-7-19)18-27-13-4-12-26(2)14-15-27;/h3,5-9,16H,4,10-15,17-18H2,1-2H3,(H2,23,24,25);1H. The van der Waals surface area contributed by atoms with Gasteiger partial charge in [0.05, 0.1) is 6.26 Å². The van der Waals surface area contributed by atoms with Crippen LogP contribution in [0.15, 0.2) is 52.1 Å². The third kappa shape index (κ3) is 8.36. The fourth-order valence-corrected chi connectivity index (χ4v) is 3.44. The van der Waals surface area contributed by atoms with Gasteiger partial charge in [0.15, 0.2) is 5.96 Å². The number of hydrogen-bond acceptors (Lipinski definition) is 4. The van der Waals surface area contributed by atoms with Crippen molar-refractivity contribution in [2.45, 2.75) is 25.9 Å². The van der Waals surface area contributed by atoms with Gasteiger partial charge in [0.1, 0.15) is 5.76 Å². The molecular weight excluding hydrogens is 477 g/mol. The maximum atomic E-state index is 5.35. The number of nitrogens with one attached hydrogen (secondary N) is 2. The second-order valence-electron chi connectivity index (χ2n) is 7.43. The average molecular weight is 511 g/mol. The third-order valence-electron chi connectivity index (χ3n) is 5.17. The number of likely N-dealkylation sites (N-methyl/N-ethyl adjacent to an activating group) is 1. The van der Waals surface area contributed by atoms with Crippen LogP contribution in [0.5, 0.6) is 0 Å². The lowest BCUT2D eigenvalue weighted by molar-refractivity contribution is 0.269. The zero-order valence-electron chi connectivity index (χ0n) is 17.6. The van der Waals surface area contributed by atoms with Crippen LogP contribution in [0.3, 0.4) is 0 Å². The summed E-state index contributed by atoms with van der Waals surface area (Å²) in [6.07, 6.45) is 3.80. The number of benzene rings is 1. The molecule has 0 radical (unpaired) electrons. The normalized spacial score (nSPS) is 16.1. The topological polar surface area (TPSA) is 56.0 Å². The van der Waals surface area contributed by atoms with Crippen LogP contribution in [0.4, 0.5) is 0 Å². The molecule has 2 aromatic rings. The summed E-state index contributed by atoms with van der Waals surface area (Å²) in [6, 6.07) is 12.8. The van der Waals surface area contributed by atoms with E-state index >= 15 is 0 Å². The molecule has 0 amide bonds. The Morgan fingerprint density at radius 3 is 2.55 bits per heavy atom. The number of rotatable bonds is 7. The second-order valence-corrected chi connectivity index (χ2v) is 7.43. The van der Waals surface area contributed by atoms with Crippen LogP contribution in [-0.4, -0.2) is 62.6 Å². The van der Waals surface area contributed by atoms with E-state index < -0.39 is 0 Å². The summed E-state index contributed by atoms with van der Waals surface area (Å²) in [5.41, 5.74) is 2.64. The number of aliphatic imine (C=N–C) groups is 1. The van der Waals surface area contributed by atoms with Crippen LogP contribution < -0.4 is 10.6 Å². The molecular formula is C22H34IN5O. The molecule has 0 unspecified atom stereocenters. The molecule has 1 saturated heterocycles. The van der Waals surface area contributed by atoms with Crippen LogP contribution in [0.1, 0.15) is 23.3 Å². The zero-order valence-corrected chi connectivity index (χ0v) is 19.9. The monoisotopic (exact) mass is 511 g/mol. The first-order valence-electron chi connectivity index (χ1n) is 10.2. The smallest absolute Gasteiger partial charge is 0.191 e. The molecule has 3 rings (SSSR count). The van der Waals surface area contributed by atoms with Crippen molar-refractivity contribution in [3.63, 3.8) is 0 Å². The summed E-state index contributed by atoms with van der Waals surface area (Å²) in [7, 11) is 4.01. The lowest BCUT2D eigenvalue weighted by atomic mass is 10.1. The Bertz CT molecular complexity index is 717. The second kappa shape index (κ2) is 12.9. The van der Waals surface area contributed by atoms with Crippen LogP contribution in [-0.2, 0) is 19.5 Å². The Hall–Kier alpha value is -1.58. The predicted octanol–water partition coefficient (Wildman–Crippen LogP) is 2.94. The average Bonchev–Trinajstić information content (AvgIpc) is 3.15. The van der Waals surface area contributed by atoms with E-state index in [1.165, 1.54) is 30.6 Å². The lowest BCUT2D eigenvalue weighted by Gasteiger charge is -2.20. The summed E-state index contributed by atoms with van der Waals surface area (Å²) in [5.74, 6) is 1.79. The number of halogens is 1. The summed E-state index contributed by atoms with van der Waals surface area (Å²) in [6.45, 7) is 7.30. The van der Waals surface area contributed by atoms with Gasteiger partial charge < -0.3 is 20.0 Å². The van der Waals surface area contributed by atoms with Crippen LogP contribution in [0.25, 0.3) is 0 Å². The summed E-state index contributed by atoms with van der Waals surface area (Å²) >= 11 is 0. The third-order valence-corrected chi connectivity index (χ3v) is 5.17. The van der Waals surface area contributed by atoms with E-state index in [0.717, 1.165) is 50.9 Å². The Labute approximate surface area is 191 Å². The fourth-order valence-electron chi connectivity index (χ4n) is 3.44. The summed E-state index contributed by atoms with van der Waals surface area (Å²) in [4.78, 5) is 9.26. The van der Waals surface area contributed by atoms with E-state index in [-0.39, 0.29) is 24.0 Å². The molecule has 1 aliphatic rings. The fraction of sp³-hybridized carbons (Fsp3) is 0.500. The van der Waals surface area contributed by atoms with Crippen molar-refractivity contribution in [1.29, 1.82) is 0 Å². The molecule has 1 aromatic carbocycles. The van der Waals surface area contributed by atoms with Crippen molar-refractivity contribution in [3.05, 3.63) is 59.5 Å². The van der Waals surface area contributed by atoms with Gasteiger partial charge >= 0.3 is 0 Å². The van der Waals surface area contributed by atoms with Crippen molar-refractivity contribution >= 4 is 29.9 Å². The molecule has 1 aliphatic heterocycles. The van der Waals surface area contributed by atoms with Crippen molar-refractivity contribution in [1.82, 2.24) is 20.4 Å². The van der Waals surface area contributed by atoms with E-state index in [4.69, 9.17) is 4.42 Å². The Balaban J connectivity index is 0.00000300. The van der Waals surface area contributed by atoms with Crippen molar-refractivity contribution in [2.75, 3.05) is 46.8 Å². The van der Waals surface area contributed by atoms with E-state index in [1.807, 2.05) is 12.1 Å². The van der Waals surface area contributed by atoms with Crippen molar-refractivity contribution in [3.8, 4) is 0 Å². The molecule has 1 fully saturated rings. The molecule has 1 aromatic heterocycles. The Morgan fingerprint density at radius 2 is 1.83 bits per heavy atom. The zero-order chi connectivity index (χ0) is 19.6. The van der Waals surface area contributed by atoms with Gasteiger partial charge in [-0.05, 0) is 49.8 Å². The van der Waals surface area contributed by atoms with Crippen LogP contribution in [0, 0.1) is 0 Å². The minimum atomic E-state index is 0. The largest absolute Gasteiger partial charge is 0.469 e.